The van der Waals surface area contributed by atoms with Crippen molar-refractivity contribution in [1.29, 1.82) is 0 Å². The Hall–Kier alpha value is -2.94. The van der Waals surface area contributed by atoms with E-state index < -0.39 is 0 Å². The summed E-state index contributed by atoms with van der Waals surface area (Å²) in [7, 11) is 1.98. The van der Waals surface area contributed by atoms with Crippen LogP contribution in [0.4, 0.5) is 0 Å². The van der Waals surface area contributed by atoms with E-state index >= 15 is 0 Å². The van der Waals surface area contributed by atoms with E-state index in [0.29, 0.717) is 25.4 Å². The van der Waals surface area contributed by atoms with E-state index in [2.05, 4.69) is 15.2 Å². The normalized spacial score (nSPS) is 15.4. The number of imidazole rings is 1. The first-order valence-corrected chi connectivity index (χ1v) is 8.98. The number of aliphatic hydroxyl groups is 1. The molecule has 3 aromatic heterocycles. The molecule has 1 amide bonds. The highest BCUT2D eigenvalue weighted by molar-refractivity contribution is 5.91. The molecule has 4 heterocycles. The Balaban J connectivity index is 1.39. The van der Waals surface area contributed by atoms with Gasteiger partial charge in [-0.2, -0.15) is 0 Å². The van der Waals surface area contributed by atoms with Gasteiger partial charge in [-0.05, 0) is 25.0 Å². The van der Waals surface area contributed by atoms with E-state index in [4.69, 9.17) is 9.52 Å². The molecule has 1 saturated heterocycles. The first kappa shape index (κ1) is 17.5. The molecular formula is C18H22N6O3. The van der Waals surface area contributed by atoms with Gasteiger partial charge < -0.3 is 23.6 Å². The standard InChI is InChI=1S/C18H22N6O3/c1-22-16(10-23-9-6-19-12-23)20-21-17(22)13-4-7-24(8-5-13)18(26)15-3-2-14(11-25)27-15/h2-3,6,9,12-13,25H,4-5,7-8,10-11H2,1H3. The van der Waals surface area contributed by atoms with Gasteiger partial charge in [0, 0.05) is 38.4 Å². The quantitative estimate of drug-likeness (QED) is 0.723. The topological polar surface area (TPSA) is 102 Å². The summed E-state index contributed by atoms with van der Waals surface area (Å²) in [5, 5.41) is 17.8. The lowest BCUT2D eigenvalue weighted by molar-refractivity contribution is 0.0673. The van der Waals surface area contributed by atoms with Gasteiger partial charge >= 0.3 is 0 Å². The molecule has 4 rings (SSSR count). The summed E-state index contributed by atoms with van der Waals surface area (Å²) in [5.74, 6) is 2.66. The molecule has 142 valence electrons. The predicted molar refractivity (Wildman–Crippen MR) is 94.8 cm³/mol. The number of hydrogen-bond donors (Lipinski definition) is 1. The molecule has 1 aliphatic rings. The van der Waals surface area contributed by atoms with Crippen LogP contribution >= 0.6 is 0 Å². The lowest BCUT2D eigenvalue weighted by Crippen LogP contribution is -2.38. The number of likely N-dealkylation sites (tertiary alicyclic amines) is 1. The van der Waals surface area contributed by atoms with Crippen molar-refractivity contribution in [2.45, 2.75) is 31.9 Å². The van der Waals surface area contributed by atoms with Crippen LogP contribution in [0.25, 0.3) is 0 Å². The summed E-state index contributed by atoms with van der Waals surface area (Å²) in [6, 6.07) is 3.24. The highest BCUT2D eigenvalue weighted by atomic mass is 16.4. The second-order valence-corrected chi connectivity index (χ2v) is 6.76. The second kappa shape index (κ2) is 7.36. The summed E-state index contributed by atoms with van der Waals surface area (Å²) < 4.78 is 9.36. The first-order chi connectivity index (χ1) is 13.2. The highest BCUT2D eigenvalue weighted by Gasteiger charge is 2.29. The monoisotopic (exact) mass is 370 g/mol. The van der Waals surface area contributed by atoms with Crippen molar-refractivity contribution in [1.82, 2.24) is 29.2 Å². The third-order valence-corrected chi connectivity index (χ3v) is 5.06. The number of nitrogens with zero attached hydrogens (tertiary/aromatic N) is 6. The van der Waals surface area contributed by atoms with Crippen LogP contribution in [-0.4, -0.2) is 53.3 Å². The molecule has 0 saturated carbocycles. The summed E-state index contributed by atoms with van der Waals surface area (Å²) in [6.07, 6.45) is 7.06. The Bertz CT molecular complexity index is 906. The van der Waals surface area contributed by atoms with Crippen LogP contribution in [-0.2, 0) is 20.2 Å². The number of furan rings is 1. The molecule has 1 fully saturated rings. The number of amides is 1. The maximum Gasteiger partial charge on any atom is 0.289 e. The summed E-state index contributed by atoms with van der Waals surface area (Å²) in [4.78, 5) is 18.4. The van der Waals surface area contributed by atoms with Crippen molar-refractivity contribution in [2.75, 3.05) is 13.1 Å². The van der Waals surface area contributed by atoms with Crippen LogP contribution in [0.5, 0.6) is 0 Å². The molecule has 0 atom stereocenters. The smallest absolute Gasteiger partial charge is 0.289 e. The molecule has 1 N–H and O–H groups in total. The predicted octanol–water partition coefficient (Wildman–Crippen LogP) is 1.17. The zero-order valence-corrected chi connectivity index (χ0v) is 15.2. The van der Waals surface area contributed by atoms with E-state index in [0.717, 1.165) is 24.5 Å². The summed E-state index contributed by atoms with van der Waals surface area (Å²) >= 11 is 0. The van der Waals surface area contributed by atoms with Crippen molar-refractivity contribution < 1.29 is 14.3 Å². The van der Waals surface area contributed by atoms with E-state index in [1.165, 1.54) is 0 Å². The minimum atomic E-state index is -0.205. The van der Waals surface area contributed by atoms with Gasteiger partial charge in [0.25, 0.3) is 5.91 Å². The number of aromatic nitrogens is 5. The van der Waals surface area contributed by atoms with Crippen LogP contribution in [0.3, 0.4) is 0 Å². The number of carbonyl (C=O) groups excluding carboxylic acids is 1. The number of carbonyl (C=O) groups is 1. The van der Waals surface area contributed by atoms with Gasteiger partial charge in [-0.25, -0.2) is 4.98 Å². The zero-order valence-electron chi connectivity index (χ0n) is 15.2. The Morgan fingerprint density at radius 1 is 1.30 bits per heavy atom. The van der Waals surface area contributed by atoms with Gasteiger partial charge in [0.2, 0.25) is 0 Å². The third kappa shape index (κ3) is 3.50. The molecule has 27 heavy (non-hydrogen) atoms. The Morgan fingerprint density at radius 3 is 2.78 bits per heavy atom. The number of piperidine rings is 1. The Labute approximate surface area is 156 Å². The Kier molecular flexibility index (Phi) is 4.76. The molecule has 0 spiro atoms. The molecule has 9 heteroatoms. The molecule has 0 aliphatic carbocycles. The SMILES string of the molecule is Cn1c(Cn2ccnc2)nnc1C1CCN(C(=O)c2ccc(CO)o2)CC1. The fraction of sp³-hybridized carbons (Fsp3) is 0.444. The molecule has 0 aromatic carbocycles. The summed E-state index contributed by atoms with van der Waals surface area (Å²) in [5.41, 5.74) is 0. The average Bonchev–Trinajstić information content (AvgIpc) is 3.44. The van der Waals surface area contributed by atoms with E-state index in [1.54, 1.807) is 29.6 Å². The van der Waals surface area contributed by atoms with E-state index in [-0.39, 0.29) is 24.2 Å². The molecule has 0 bridgehead atoms. The molecule has 9 nitrogen and oxygen atoms in total. The van der Waals surface area contributed by atoms with Crippen LogP contribution in [0.15, 0.2) is 35.3 Å². The highest BCUT2D eigenvalue weighted by Crippen LogP contribution is 2.28. The number of aliphatic hydroxyl groups excluding tert-OH is 1. The number of hydrogen-bond acceptors (Lipinski definition) is 6. The average molecular weight is 370 g/mol. The largest absolute Gasteiger partial charge is 0.453 e. The van der Waals surface area contributed by atoms with Crippen molar-refractivity contribution in [3.05, 3.63) is 54.0 Å². The molecule has 0 unspecified atom stereocenters. The van der Waals surface area contributed by atoms with Crippen molar-refractivity contribution in [2.24, 2.45) is 7.05 Å². The van der Waals surface area contributed by atoms with Crippen LogP contribution in [0.1, 0.15) is 46.7 Å². The second-order valence-electron chi connectivity index (χ2n) is 6.76. The minimum Gasteiger partial charge on any atom is -0.453 e. The number of rotatable bonds is 5. The molecule has 0 radical (unpaired) electrons. The van der Waals surface area contributed by atoms with Crippen LogP contribution in [0, 0.1) is 0 Å². The summed E-state index contributed by atoms with van der Waals surface area (Å²) in [6.45, 7) is 1.71. The maximum atomic E-state index is 12.5. The van der Waals surface area contributed by atoms with Crippen LogP contribution < -0.4 is 0 Å². The maximum absolute atomic E-state index is 12.5. The fourth-order valence-corrected chi connectivity index (χ4v) is 3.49. The van der Waals surface area contributed by atoms with Crippen molar-refractivity contribution in [3.8, 4) is 0 Å². The molecular weight excluding hydrogens is 348 g/mol. The first-order valence-electron chi connectivity index (χ1n) is 8.98. The van der Waals surface area contributed by atoms with Gasteiger partial charge in [-0.1, -0.05) is 0 Å². The van der Waals surface area contributed by atoms with Gasteiger partial charge in [0.15, 0.2) is 11.6 Å². The minimum absolute atomic E-state index is 0.132. The van der Waals surface area contributed by atoms with Gasteiger partial charge in [-0.15, -0.1) is 10.2 Å². The van der Waals surface area contributed by atoms with E-state index in [1.807, 2.05) is 22.4 Å². The lowest BCUT2D eigenvalue weighted by atomic mass is 9.95. The van der Waals surface area contributed by atoms with Gasteiger partial charge in [0.05, 0.1) is 12.9 Å². The van der Waals surface area contributed by atoms with Crippen molar-refractivity contribution in [3.63, 3.8) is 0 Å². The van der Waals surface area contributed by atoms with Gasteiger partial charge in [-0.3, -0.25) is 4.79 Å². The third-order valence-electron chi connectivity index (χ3n) is 5.06. The zero-order chi connectivity index (χ0) is 18.8. The molecule has 1 aliphatic heterocycles. The Morgan fingerprint density at radius 2 is 2.11 bits per heavy atom. The lowest BCUT2D eigenvalue weighted by Gasteiger charge is -2.31. The van der Waals surface area contributed by atoms with Crippen LogP contribution in [0.2, 0.25) is 0 Å². The van der Waals surface area contributed by atoms with Crippen molar-refractivity contribution >= 4 is 5.91 Å². The van der Waals surface area contributed by atoms with Gasteiger partial charge in [0.1, 0.15) is 18.2 Å². The van der Waals surface area contributed by atoms with E-state index in [9.17, 15) is 4.79 Å². The molecule has 3 aromatic rings. The fourth-order valence-electron chi connectivity index (χ4n) is 3.49.